The van der Waals surface area contributed by atoms with Crippen LogP contribution in [0.15, 0.2) is 42.5 Å². The summed E-state index contributed by atoms with van der Waals surface area (Å²) in [7, 11) is 0. The van der Waals surface area contributed by atoms with Crippen LogP contribution in [0.4, 0.5) is 0 Å². The predicted octanol–water partition coefficient (Wildman–Crippen LogP) is 3.23. The predicted molar refractivity (Wildman–Crippen MR) is 68.3 cm³/mol. The second-order valence-corrected chi connectivity index (χ2v) is 3.99. The smallest absolute Gasteiger partial charge is 0.336 e. The number of hydrogen-bond acceptors (Lipinski definition) is 2. The molecule has 0 saturated carbocycles. The first-order valence-corrected chi connectivity index (χ1v) is 5.47. The molecule has 0 amide bonds. The number of aromatic carboxylic acids is 1. The Hall–Kier alpha value is -2.60. The second-order valence-electron chi connectivity index (χ2n) is 3.99. The van der Waals surface area contributed by atoms with Gasteiger partial charge in [0.1, 0.15) is 0 Å². The Morgan fingerprint density at radius 3 is 2.61 bits per heavy atom. The van der Waals surface area contributed by atoms with Crippen LogP contribution >= 0.6 is 0 Å². The Morgan fingerprint density at radius 1 is 1.22 bits per heavy atom. The molecule has 0 fully saturated rings. The fourth-order valence-corrected chi connectivity index (χ4v) is 1.83. The zero-order chi connectivity index (χ0) is 13.1. The molecule has 0 unspecified atom stereocenters. The molecule has 0 aliphatic rings. The monoisotopic (exact) mass is 237 g/mol. The van der Waals surface area contributed by atoms with Crippen LogP contribution in [0.5, 0.6) is 0 Å². The minimum Gasteiger partial charge on any atom is -0.478 e. The SMILES string of the molecule is Cc1ccc(-c2ccccc2C(=O)O)cc1C#N. The molecule has 0 heterocycles. The average molecular weight is 237 g/mol. The highest BCUT2D eigenvalue weighted by Crippen LogP contribution is 2.25. The molecule has 0 aromatic heterocycles. The van der Waals surface area contributed by atoms with Crippen molar-refractivity contribution in [2.24, 2.45) is 0 Å². The lowest BCUT2D eigenvalue weighted by Crippen LogP contribution is -1.99. The fourth-order valence-electron chi connectivity index (χ4n) is 1.83. The summed E-state index contributed by atoms with van der Waals surface area (Å²) in [6.45, 7) is 1.85. The van der Waals surface area contributed by atoms with E-state index in [0.717, 1.165) is 11.1 Å². The molecule has 0 atom stereocenters. The molecular weight excluding hydrogens is 226 g/mol. The number of nitriles is 1. The number of benzene rings is 2. The van der Waals surface area contributed by atoms with Crippen LogP contribution in [0.2, 0.25) is 0 Å². The van der Waals surface area contributed by atoms with E-state index in [9.17, 15) is 4.79 Å². The Kier molecular flexibility index (Phi) is 3.11. The van der Waals surface area contributed by atoms with E-state index in [1.54, 1.807) is 30.3 Å². The zero-order valence-electron chi connectivity index (χ0n) is 9.84. The number of carbonyl (C=O) groups is 1. The van der Waals surface area contributed by atoms with Gasteiger partial charge in [0.05, 0.1) is 17.2 Å². The highest BCUT2D eigenvalue weighted by Gasteiger charge is 2.11. The van der Waals surface area contributed by atoms with Crippen LogP contribution in [-0.4, -0.2) is 11.1 Å². The summed E-state index contributed by atoms with van der Waals surface area (Å²) in [6, 6.07) is 14.3. The van der Waals surface area contributed by atoms with Gasteiger partial charge in [0, 0.05) is 0 Å². The minimum absolute atomic E-state index is 0.241. The molecule has 1 N–H and O–H groups in total. The van der Waals surface area contributed by atoms with Gasteiger partial charge in [-0.1, -0.05) is 30.3 Å². The molecular formula is C15H11NO2. The summed E-state index contributed by atoms with van der Waals surface area (Å²) in [4.78, 5) is 11.2. The normalized spacial score (nSPS) is 9.78. The third-order valence-corrected chi connectivity index (χ3v) is 2.83. The van der Waals surface area contributed by atoms with E-state index in [0.29, 0.717) is 11.1 Å². The summed E-state index contributed by atoms with van der Waals surface area (Å²) in [5.41, 5.74) is 3.06. The van der Waals surface area contributed by atoms with Crippen LogP contribution < -0.4 is 0 Å². The van der Waals surface area contributed by atoms with Crippen LogP contribution in [0.3, 0.4) is 0 Å². The molecule has 88 valence electrons. The van der Waals surface area contributed by atoms with Crippen LogP contribution in [-0.2, 0) is 0 Å². The molecule has 0 saturated heterocycles. The topological polar surface area (TPSA) is 61.1 Å². The van der Waals surface area contributed by atoms with Gasteiger partial charge in [-0.05, 0) is 35.7 Å². The third kappa shape index (κ3) is 2.09. The summed E-state index contributed by atoms with van der Waals surface area (Å²) >= 11 is 0. The van der Waals surface area contributed by atoms with Gasteiger partial charge in [0.25, 0.3) is 0 Å². The maximum absolute atomic E-state index is 11.2. The van der Waals surface area contributed by atoms with Crippen molar-refractivity contribution in [2.75, 3.05) is 0 Å². The van der Waals surface area contributed by atoms with E-state index >= 15 is 0 Å². The largest absolute Gasteiger partial charge is 0.478 e. The highest BCUT2D eigenvalue weighted by atomic mass is 16.4. The van der Waals surface area contributed by atoms with Gasteiger partial charge in [-0.15, -0.1) is 0 Å². The summed E-state index contributed by atoms with van der Waals surface area (Å²) < 4.78 is 0. The molecule has 2 aromatic rings. The van der Waals surface area contributed by atoms with Crippen LogP contribution in [0.25, 0.3) is 11.1 Å². The third-order valence-electron chi connectivity index (χ3n) is 2.83. The van der Waals surface area contributed by atoms with E-state index in [2.05, 4.69) is 6.07 Å². The van der Waals surface area contributed by atoms with Crippen molar-refractivity contribution in [1.29, 1.82) is 5.26 Å². The summed E-state index contributed by atoms with van der Waals surface area (Å²) in [6.07, 6.45) is 0. The van der Waals surface area contributed by atoms with Crippen molar-refractivity contribution >= 4 is 5.97 Å². The first-order chi connectivity index (χ1) is 8.63. The Balaban J connectivity index is 2.63. The summed E-state index contributed by atoms with van der Waals surface area (Å²) in [5, 5.41) is 18.1. The first kappa shape index (κ1) is 11.9. The maximum atomic E-state index is 11.2. The zero-order valence-corrected chi connectivity index (χ0v) is 9.84. The lowest BCUT2D eigenvalue weighted by atomic mass is 9.96. The maximum Gasteiger partial charge on any atom is 0.336 e. The van der Waals surface area contributed by atoms with E-state index in [-0.39, 0.29) is 5.56 Å². The number of carboxylic acids is 1. The summed E-state index contributed by atoms with van der Waals surface area (Å²) in [5.74, 6) is -0.968. The van der Waals surface area contributed by atoms with Crippen LogP contribution in [0.1, 0.15) is 21.5 Å². The lowest BCUT2D eigenvalue weighted by molar-refractivity contribution is 0.0697. The van der Waals surface area contributed by atoms with Gasteiger partial charge in [0.2, 0.25) is 0 Å². The van der Waals surface area contributed by atoms with Gasteiger partial charge >= 0.3 is 5.97 Å². The Bertz CT molecular complexity index is 654. The number of rotatable bonds is 2. The number of hydrogen-bond donors (Lipinski definition) is 1. The lowest BCUT2D eigenvalue weighted by Gasteiger charge is -2.07. The van der Waals surface area contributed by atoms with E-state index < -0.39 is 5.97 Å². The van der Waals surface area contributed by atoms with Gasteiger partial charge in [-0.25, -0.2) is 4.79 Å². The van der Waals surface area contributed by atoms with Crippen LogP contribution in [0, 0.1) is 18.3 Å². The molecule has 0 spiro atoms. The van der Waals surface area contributed by atoms with Crippen molar-refractivity contribution < 1.29 is 9.90 Å². The van der Waals surface area contributed by atoms with Gasteiger partial charge in [-0.3, -0.25) is 0 Å². The molecule has 3 nitrogen and oxygen atoms in total. The molecule has 0 radical (unpaired) electrons. The Labute approximate surface area is 105 Å². The minimum atomic E-state index is -0.968. The molecule has 2 rings (SSSR count). The van der Waals surface area contributed by atoms with Crippen molar-refractivity contribution in [3.05, 3.63) is 59.2 Å². The molecule has 3 heteroatoms. The second kappa shape index (κ2) is 4.72. The molecule has 0 aliphatic heterocycles. The standard InChI is InChI=1S/C15H11NO2/c1-10-6-7-11(8-12(10)9-16)13-4-2-3-5-14(13)15(17)18/h2-8H,1H3,(H,17,18). The fraction of sp³-hybridized carbons (Fsp3) is 0.0667. The molecule has 18 heavy (non-hydrogen) atoms. The van der Waals surface area contributed by atoms with Gasteiger partial charge in [0.15, 0.2) is 0 Å². The van der Waals surface area contributed by atoms with E-state index in [1.807, 2.05) is 19.1 Å². The van der Waals surface area contributed by atoms with Crippen molar-refractivity contribution in [3.63, 3.8) is 0 Å². The quantitative estimate of drug-likeness (QED) is 0.872. The molecule has 2 aromatic carbocycles. The number of carboxylic acid groups (broad SMARTS) is 1. The van der Waals surface area contributed by atoms with Gasteiger partial charge < -0.3 is 5.11 Å². The van der Waals surface area contributed by atoms with E-state index in [1.165, 1.54) is 0 Å². The highest BCUT2D eigenvalue weighted by molar-refractivity contribution is 5.96. The molecule has 0 aliphatic carbocycles. The van der Waals surface area contributed by atoms with Gasteiger partial charge in [-0.2, -0.15) is 5.26 Å². The number of nitrogens with zero attached hydrogens (tertiary/aromatic N) is 1. The van der Waals surface area contributed by atoms with E-state index in [4.69, 9.17) is 10.4 Å². The molecule has 0 bridgehead atoms. The van der Waals surface area contributed by atoms with Crippen molar-refractivity contribution in [2.45, 2.75) is 6.92 Å². The number of aryl methyl sites for hydroxylation is 1. The van der Waals surface area contributed by atoms with Crippen molar-refractivity contribution in [3.8, 4) is 17.2 Å². The first-order valence-electron chi connectivity index (χ1n) is 5.47. The Morgan fingerprint density at radius 2 is 1.94 bits per heavy atom. The van der Waals surface area contributed by atoms with Crippen molar-refractivity contribution in [1.82, 2.24) is 0 Å². The average Bonchev–Trinajstić information content (AvgIpc) is 2.39.